The lowest BCUT2D eigenvalue weighted by Crippen LogP contribution is -2.38. The number of nitrogens with zero attached hydrogens (tertiary/aromatic N) is 2. The molecule has 0 spiro atoms. The molecule has 0 radical (unpaired) electrons. The van der Waals surface area contributed by atoms with E-state index in [-0.39, 0.29) is 17.8 Å². The third kappa shape index (κ3) is 4.81. The highest BCUT2D eigenvalue weighted by Crippen LogP contribution is 2.32. The van der Waals surface area contributed by atoms with Gasteiger partial charge in [-0.25, -0.2) is 4.39 Å². The Bertz CT molecular complexity index is 918. The first-order valence-electron chi connectivity index (χ1n) is 9.82. The molecule has 0 unspecified atom stereocenters. The van der Waals surface area contributed by atoms with E-state index in [0.717, 1.165) is 24.4 Å². The molecule has 0 amide bonds. The van der Waals surface area contributed by atoms with E-state index in [2.05, 4.69) is 22.0 Å². The zero-order valence-corrected chi connectivity index (χ0v) is 16.5. The molecule has 0 saturated carbocycles. The third-order valence-corrected chi connectivity index (χ3v) is 5.47. The van der Waals surface area contributed by atoms with Crippen LogP contribution in [0.3, 0.4) is 0 Å². The van der Waals surface area contributed by atoms with Gasteiger partial charge in [-0.2, -0.15) is 0 Å². The highest BCUT2D eigenvalue weighted by molar-refractivity contribution is 5.29. The summed E-state index contributed by atoms with van der Waals surface area (Å²) in [5.41, 5.74) is 3.50. The maximum Gasteiger partial charge on any atom is 0.123 e. The number of aromatic nitrogens is 1. The summed E-state index contributed by atoms with van der Waals surface area (Å²) in [7, 11) is 1.68. The lowest BCUT2D eigenvalue weighted by molar-refractivity contribution is 0.132. The van der Waals surface area contributed by atoms with Crippen molar-refractivity contribution >= 4 is 0 Å². The van der Waals surface area contributed by atoms with Gasteiger partial charge < -0.3 is 9.47 Å². The number of hydrogen-bond donors (Lipinski definition) is 0. The van der Waals surface area contributed by atoms with Gasteiger partial charge in [0.1, 0.15) is 11.6 Å². The quantitative estimate of drug-likeness (QED) is 0.596. The second kappa shape index (κ2) is 9.16. The van der Waals surface area contributed by atoms with Gasteiger partial charge in [0, 0.05) is 37.4 Å². The van der Waals surface area contributed by atoms with Crippen LogP contribution in [0.25, 0.3) is 0 Å². The van der Waals surface area contributed by atoms with E-state index >= 15 is 0 Å². The van der Waals surface area contributed by atoms with E-state index in [0.29, 0.717) is 13.2 Å². The van der Waals surface area contributed by atoms with Crippen LogP contribution in [-0.2, 0) is 17.8 Å². The minimum absolute atomic E-state index is 0.194. The van der Waals surface area contributed by atoms with Crippen LogP contribution in [0.2, 0.25) is 0 Å². The zero-order valence-electron chi connectivity index (χ0n) is 16.5. The van der Waals surface area contributed by atoms with Crippen LogP contribution in [0.15, 0.2) is 73.1 Å². The minimum atomic E-state index is -0.214. The monoisotopic (exact) mass is 392 g/mol. The predicted molar refractivity (Wildman–Crippen MR) is 110 cm³/mol. The SMILES string of the molecule is COc1cccc(CN(Cc2ccncc2)[C@@H]2COC[C@H]2c2ccc(F)cc2)c1. The number of benzene rings is 2. The topological polar surface area (TPSA) is 34.6 Å². The van der Waals surface area contributed by atoms with Crippen molar-refractivity contribution < 1.29 is 13.9 Å². The first-order valence-corrected chi connectivity index (χ1v) is 9.82. The molecule has 1 fully saturated rings. The number of rotatable bonds is 7. The Labute approximate surface area is 170 Å². The number of ether oxygens (including phenoxy) is 2. The summed E-state index contributed by atoms with van der Waals surface area (Å²) < 4.78 is 24.7. The first-order chi connectivity index (χ1) is 14.2. The number of halogens is 1. The molecule has 3 aromatic rings. The number of hydrogen-bond acceptors (Lipinski definition) is 4. The third-order valence-electron chi connectivity index (χ3n) is 5.47. The van der Waals surface area contributed by atoms with Crippen molar-refractivity contribution in [1.29, 1.82) is 0 Å². The van der Waals surface area contributed by atoms with Crippen LogP contribution in [0.5, 0.6) is 5.75 Å². The highest BCUT2D eigenvalue weighted by Gasteiger charge is 2.34. The standard InChI is InChI=1S/C24H25FN2O2/c1-28-22-4-2-3-19(13-22)15-27(14-18-9-11-26-12-10-18)24-17-29-16-23(24)20-5-7-21(25)8-6-20/h2-13,23-24H,14-17H2,1H3/t23-,24+/m0/s1. The van der Waals surface area contributed by atoms with Crippen molar-refractivity contribution in [2.45, 2.75) is 25.0 Å². The molecule has 2 heterocycles. The molecular formula is C24H25FN2O2. The largest absolute Gasteiger partial charge is 0.497 e. The predicted octanol–water partition coefficient (Wildman–Crippen LogP) is 4.41. The molecule has 1 aromatic heterocycles. The van der Waals surface area contributed by atoms with Gasteiger partial charge in [0.15, 0.2) is 0 Å². The van der Waals surface area contributed by atoms with Crippen molar-refractivity contribution in [2.24, 2.45) is 0 Å². The summed E-state index contributed by atoms with van der Waals surface area (Å²) in [6, 6.07) is 19.2. The fourth-order valence-corrected chi connectivity index (χ4v) is 3.95. The van der Waals surface area contributed by atoms with Crippen molar-refractivity contribution in [3.05, 3.63) is 95.6 Å². The molecule has 29 heavy (non-hydrogen) atoms. The lowest BCUT2D eigenvalue weighted by atomic mass is 9.92. The van der Waals surface area contributed by atoms with Gasteiger partial charge in [-0.3, -0.25) is 9.88 Å². The van der Waals surface area contributed by atoms with Crippen LogP contribution in [0.4, 0.5) is 4.39 Å². The van der Waals surface area contributed by atoms with Crippen molar-refractivity contribution in [2.75, 3.05) is 20.3 Å². The van der Waals surface area contributed by atoms with Crippen molar-refractivity contribution in [1.82, 2.24) is 9.88 Å². The Morgan fingerprint density at radius 3 is 2.52 bits per heavy atom. The summed E-state index contributed by atoms with van der Waals surface area (Å²) in [6.07, 6.45) is 3.64. The first kappa shape index (κ1) is 19.6. The summed E-state index contributed by atoms with van der Waals surface area (Å²) in [6.45, 7) is 2.84. The number of methoxy groups -OCH3 is 1. The van der Waals surface area contributed by atoms with Crippen LogP contribution in [-0.4, -0.2) is 36.2 Å². The molecule has 0 N–H and O–H groups in total. The summed E-state index contributed by atoms with van der Waals surface area (Å²) in [5.74, 6) is 0.835. The van der Waals surface area contributed by atoms with Crippen LogP contribution in [0.1, 0.15) is 22.6 Å². The Kier molecular flexibility index (Phi) is 6.17. The van der Waals surface area contributed by atoms with Gasteiger partial charge in [-0.05, 0) is 53.1 Å². The average Bonchev–Trinajstić information content (AvgIpc) is 3.24. The average molecular weight is 392 g/mol. The molecule has 0 aliphatic carbocycles. The Hall–Kier alpha value is -2.76. The van der Waals surface area contributed by atoms with Crippen molar-refractivity contribution in [3.8, 4) is 5.75 Å². The van der Waals surface area contributed by atoms with Gasteiger partial charge >= 0.3 is 0 Å². The molecule has 5 heteroatoms. The molecule has 0 bridgehead atoms. The minimum Gasteiger partial charge on any atom is -0.497 e. The number of pyridine rings is 1. The van der Waals surface area contributed by atoms with Gasteiger partial charge in [0.2, 0.25) is 0 Å². The lowest BCUT2D eigenvalue weighted by Gasteiger charge is -2.32. The maximum atomic E-state index is 13.4. The van der Waals surface area contributed by atoms with E-state index < -0.39 is 0 Å². The fraction of sp³-hybridized carbons (Fsp3) is 0.292. The molecule has 4 rings (SSSR count). The van der Waals surface area contributed by atoms with Crippen LogP contribution in [0, 0.1) is 5.82 Å². The van der Waals surface area contributed by atoms with Gasteiger partial charge in [-0.15, -0.1) is 0 Å². The summed E-state index contributed by atoms with van der Waals surface area (Å²) >= 11 is 0. The molecule has 1 aliphatic rings. The molecular weight excluding hydrogens is 367 g/mol. The second-order valence-corrected chi connectivity index (χ2v) is 7.37. The smallest absolute Gasteiger partial charge is 0.123 e. The van der Waals surface area contributed by atoms with E-state index in [9.17, 15) is 4.39 Å². The van der Waals surface area contributed by atoms with Gasteiger partial charge in [0.25, 0.3) is 0 Å². The normalized spacial score (nSPS) is 18.9. The van der Waals surface area contributed by atoms with Crippen molar-refractivity contribution in [3.63, 3.8) is 0 Å². The molecule has 2 aromatic carbocycles. The second-order valence-electron chi connectivity index (χ2n) is 7.37. The van der Waals surface area contributed by atoms with E-state index in [1.54, 1.807) is 7.11 Å². The Morgan fingerprint density at radius 2 is 1.76 bits per heavy atom. The molecule has 1 saturated heterocycles. The molecule has 2 atom stereocenters. The Morgan fingerprint density at radius 1 is 1.00 bits per heavy atom. The fourth-order valence-electron chi connectivity index (χ4n) is 3.95. The molecule has 1 aliphatic heterocycles. The maximum absolute atomic E-state index is 13.4. The molecule has 150 valence electrons. The van der Waals surface area contributed by atoms with E-state index in [1.807, 2.05) is 48.8 Å². The Balaban J connectivity index is 1.62. The highest BCUT2D eigenvalue weighted by atomic mass is 19.1. The molecule has 4 nitrogen and oxygen atoms in total. The summed E-state index contributed by atoms with van der Waals surface area (Å²) in [5, 5.41) is 0. The van der Waals surface area contributed by atoms with Crippen LogP contribution >= 0.6 is 0 Å². The van der Waals surface area contributed by atoms with E-state index in [4.69, 9.17) is 9.47 Å². The van der Waals surface area contributed by atoms with E-state index in [1.165, 1.54) is 23.3 Å². The van der Waals surface area contributed by atoms with Crippen LogP contribution < -0.4 is 4.74 Å². The zero-order chi connectivity index (χ0) is 20.1. The summed E-state index contributed by atoms with van der Waals surface area (Å²) in [4.78, 5) is 6.57. The van der Waals surface area contributed by atoms with Gasteiger partial charge in [-0.1, -0.05) is 24.3 Å². The van der Waals surface area contributed by atoms with Gasteiger partial charge in [0.05, 0.1) is 20.3 Å².